The summed E-state index contributed by atoms with van der Waals surface area (Å²) >= 11 is 12.6. The number of hydrogen-bond acceptors (Lipinski definition) is 5. The second-order valence-electron chi connectivity index (χ2n) is 10.9. The Kier molecular flexibility index (Phi) is 10.6. The van der Waals surface area contributed by atoms with Crippen LogP contribution in [0.4, 0.5) is 5.69 Å². The normalized spacial score (nSPS) is 14.3. The van der Waals surface area contributed by atoms with Crippen LogP contribution in [0.15, 0.2) is 65.6 Å². The first kappa shape index (κ1) is 32.6. The predicted octanol–water partition coefficient (Wildman–Crippen LogP) is 6.29. The lowest BCUT2D eigenvalue weighted by Crippen LogP contribution is -2.52. The molecule has 11 heteroatoms. The fourth-order valence-corrected chi connectivity index (χ4v) is 7.04. The molecular weight excluding hydrogens is 609 g/mol. The third-order valence-corrected chi connectivity index (χ3v) is 10.1. The van der Waals surface area contributed by atoms with Crippen LogP contribution in [0.5, 0.6) is 5.75 Å². The van der Waals surface area contributed by atoms with E-state index in [4.69, 9.17) is 27.9 Å². The fraction of sp³-hybridized carbons (Fsp3) is 0.375. The Morgan fingerprint density at radius 1 is 0.977 bits per heavy atom. The molecule has 0 saturated heterocycles. The van der Waals surface area contributed by atoms with E-state index in [-0.39, 0.29) is 34.8 Å². The zero-order chi connectivity index (χ0) is 31.3. The van der Waals surface area contributed by atoms with Crippen molar-refractivity contribution < 1.29 is 22.7 Å². The number of sulfonamides is 1. The van der Waals surface area contributed by atoms with Crippen LogP contribution in [-0.4, -0.2) is 50.9 Å². The molecule has 1 saturated carbocycles. The maximum atomic E-state index is 14.2. The summed E-state index contributed by atoms with van der Waals surface area (Å²) in [5.74, 6) is -0.612. The topological polar surface area (TPSA) is 96.0 Å². The predicted molar refractivity (Wildman–Crippen MR) is 170 cm³/mol. The molecule has 0 heterocycles. The van der Waals surface area contributed by atoms with Crippen molar-refractivity contribution in [3.8, 4) is 5.75 Å². The molecule has 1 aliphatic carbocycles. The Hall–Kier alpha value is -3.27. The maximum absolute atomic E-state index is 14.2. The molecule has 3 aromatic carbocycles. The number of methoxy groups -OCH3 is 1. The van der Waals surface area contributed by atoms with Gasteiger partial charge in [0.05, 0.1) is 17.7 Å². The second-order valence-corrected chi connectivity index (χ2v) is 13.6. The first-order valence-electron chi connectivity index (χ1n) is 14.2. The number of amides is 2. The molecule has 8 nitrogen and oxygen atoms in total. The van der Waals surface area contributed by atoms with Gasteiger partial charge < -0.3 is 15.0 Å². The molecule has 0 bridgehead atoms. The third kappa shape index (κ3) is 7.82. The van der Waals surface area contributed by atoms with Gasteiger partial charge in [-0.2, -0.15) is 0 Å². The van der Waals surface area contributed by atoms with E-state index in [1.807, 2.05) is 13.8 Å². The average Bonchev–Trinajstić information content (AvgIpc) is 3.48. The molecule has 1 fully saturated rings. The molecule has 0 aromatic heterocycles. The lowest BCUT2D eigenvalue weighted by atomic mass is 10.1. The van der Waals surface area contributed by atoms with E-state index in [9.17, 15) is 18.0 Å². The number of ether oxygens (including phenoxy) is 1. The van der Waals surface area contributed by atoms with Crippen molar-refractivity contribution in [3.05, 3.63) is 87.4 Å². The molecule has 1 atom stereocenters. The zero-order valence-corrected chi connectivity index (χ0v) is 27.1. The summed E-state index contributed by atoms with van der Waals surface area (Å²) in [6.07, 6.45) is 3.83. The van der Waals surface area contributed by atoms with Crippen LogP contribution < -0.4 is 14.4 Å². The van der Waals surface area contributed by atoms with Gasteiger partial charge in [0.15, 0.2) is 0 Å². The zero-order valence-electron chi connectivity index (χ0n) is 24.8. The summed E-state index contributed by atoms with van der Waals surface area (Å²) < 4.78 is 34.9. The summed E-state index contributed by atoms with van der Waals surface area (Å²) in [5, 5.41) is 3.82. The Labute approximate surface area is 264 Å². The molecule has 0 aliphatic heterocycles. The van der Waals surface area contributed by atoms with Crippen LogP contribution in [0.1, 0.15) is 49.3 Å². The number of carbonyl (C=O) groups excluding carboxylic acids is 2. The van der Waals surface area contributed by atoms with Crippen molar-refractivity contribution in [2.75, 3.05) is 18.0 Å². The van der Waals surface area contributed by atoms with Gasteiger partial charge in [-0.1, -0.05) is 65.9 Å². The average molecular weight is 647 g/mol. The van der Waals surface area contributed by atoms with Gasteiger partial charge in [-0.15, -0.1) is 0 Å². The second kappa shape index (κ2) is 14.0. The van der Waals surface area contributed by atoms with E-state index < -0.39 is 28.5 Å². The number of nitrogens with zero attached hydrogens (tertiary/aromatic N) is 2. The molecule has 1 N–H and O–H groups in total. The standard InChI is InChI=1S/C32H37Cl2N3O5S/c1-21-9-14-27(15-10-21)43(40,41)37(29-17-22(2)11-16-30(29)42-4)20-31(38)36(19-24-12-13-25(33)18-28(24)34)23(3)32(39)35-26-7-5-6-8-26/h9-18,23,26H,5-8,19-20H2,1-4H3,(H,35,39). The van der Waals surface area contributed by atoms with Crippen molar-refractivity contribution in [2.45, 2.75) is 70.0 Å². The first-order valence-corrected chi connectivity index (χ1v) is 16.4. The first-order chi connectivity index (χ1) is 20.4. The fourth-order valence-electron chi connectivity index (χ4n) is 5.15. The Morgan fingerprint density at radius 3 is 2.26 bits per heavy atom. The van der Waals surface area contributed by atoms with Crippen molar-refractivity contribution in [3.63, 3.8) is 0 Å². The number of aryl methyl sites for hydroxylation is 2. The van der Waals surface area contributed by atoms with Gasteiger partial charge in [0, 0.05) is 22.6 Å². The SMILES string of the molecule is COc1ccc(C)cc1N(CC(=O)N(Cc1ccc(Cl)cc1Cl)C(C)C(=O)NC1CCCC1)S(=O)(=O)c1ccc(C)cc1. The highest BCUT2D eigenvalue weighted by Crippen LogP contribution is 2.34. The summed E-state index contributed by atoms with van der Waals surface area (Å²) in [4.78, 5) is 29.0. The van der Waals surface area contributed by atoms with E-state index in [0.717, 1.165) is 41.1 Å². The minimum Gasteiger partial charge on any atom is -0.495 e. The smallest absolute Gasteiger partial charge is 0.264 e. The highest BCUT2D eigenvalue weighted by atomic mass is 35.5. The largest absolute Gasteiger partial charge is 0.495 e. The number of nitrogens with one attached hydrogen (secondary N) is 1. The van der Waals surface area contributed by atoms with E-state index in [0.29, 0.717) is 15.6 Å². The lowest BCUT2D eigenvalue weighted by molar-refractivity contribution is -0.139. The highest BCUT2D eigenvalue weighted by molar-refractivity contribution is 7.92. The Morgan fingerprint density at radius 2 is 1.63 bits per heavy atom. The minimum atomic E-state index is -4.24. The molecule has 3 aromatic rings. The molecule has 0 radical (unpaired) electrons. The van der Waals surface area contributed by atoms with Crippen LogP contribution >= 0.6 is 23.2 Å². The van der Waals surface area contributed by atoms with Crippen LogP contribution in [0.2, 0.25) is 10.0 Å². The Balaban J connectivity index is 1.76. The van der Waals surface area contributed by atoms with Crippen molar-refractivity contribution >= 4 is 50.7 Å². The molecule has 230 valence electrons. The van der Waals surface area contributed by atoms with Crippen molar-refractivity contribution in [1.29, 1.82) is 0 Å². The number of anilines is 1. The number of carbonyl (C=O) groups is 2. The van der Waals surface area contributed by atoms with Crippen LogP contribution in [0, 0.1) is 13.8 Å². The van der Waals surface area contributed by atoms with Gasteiger partial charge in [-0.3, -0.25) is 13.9 Å². The molecule has 1 aliphatic rings. The summed E-state index contributed by atoms with van der Waals surface area (Å²) in [6.45, 7) is 4.71. The van der Waals surface area contributed by atoms with Crippen LogP contribution in [0.3, 0.4) is 0 Å². The van der Waals surface area contributed by atoms with Gasteiger partial charge in [-0.25, -0.2) is 8.42 Å². The molecular formula is C32H37Cl2N3O5S. The number of halogens is 2. The van der Waals surface area contributed by atoms with Gasteiger partial charge >= 0.3 is 0 Å². The van der Waals surface area contributed by atoms with Crippen LogP contribution in [-0.2, 0) is 26.2 Å². The van der Waals surface area contributed by atoms with E-state index in [1.54, 1.807) is 55.5 Å². The molecule has 0 spiro atoms. The van der Waals surface area contributed by atoms with Gasteiger partial charge in [0.2, 0.25) is 11.8 Å². The van der Waals surface area contributed by atoms with Crippen LogP contribution in [0.25, 0.3) is 0 Å². The monoisotopic (exact) mass is 645 g/mol. The van der Waals surface area contributed by atoms with Gasteiger partial charge in [0.1, 0.15) is 18.3 Å². The van der Waals surface area contributed by atoms with Gasteiger partial charge in [-0.05, 0) is 81.1 Å². The molecule has 1 unspecified atom stereocenters. The summed E-state index contributed by atoms with van der Waals surface area (Å²) in [7, 11) is -2.80. The van der Waals surface area contributed by atoms with Crippen molar-refractivity contribution in [2.24, 2.45) is 0 Å². The third-order valence-electron chi connectivity index (χ3n) is 7.72. The molecule has 4 rings (SSSR count). The minimum absolute atomic E-state index is 0.0220. The van der Waals surface area contributed by atoms with E-state index in [2.05, 4.69) is 5.32 Å². The number of rotatable bonds is 11. The quantitative estimate of drug-likeness (QED) is 0.264. The summed E-state index contributed by atoms with van der Waals surface area (Å²) in [6, 6.07) is 15.6. The lowest BCUT2D eigenvalue weighted by Gasteiger charge is -2.33. The Bertz CT molecular complexity index is 1570. The highest BCUT2D eigenvalue weighted by Gasteiger charge is 2.34. The summed E-state index contributed by atoms with van der Waals surface area (Å²) in [5.41, 5.74) is 2.45. The van der Waals surface area contributed by atoms with Crippen molar-refractivity contribution in [1.82, 2.24) is 10.2 Å². The maximum Gasteiger partial charge on any atom is 0.264 e. The molecule has 2 amide bonds. The van der Waals surface area contributed by atoms with Gasteiger partial charge in [0.25, 0.3) is 10.0 Å². The number of hydrogen-bond donors (Lipinski definition) is 1. The number of benzene rings is 3. The molecule has 43 heavy (non-hydrogen) atoms. The van der Waals surface area contributed by atoms with E-state index in [1.165, 1.54) is 24.1 Å². The van der Waals surface area contributed by atoms with E-state index >= 15 is 0 Å².